The van der Waals surface area contributed by atoms with Crippen LogP contribution in [0.3, 0.4) is 0 Å². The van der Waals surface area contributed by atoms with Crippen molar-refractivity contribution in [2.75, 3.05) is 0 Å². The predicted octanol–water partition coefficient (Wildman–Crippen LogP) is 2.24. The summed E-state index contributed by atoms with van der Waals surface area (Å²) in [4.78, 5) is 25.5. The van der Waals surface area contributed by atoms with E-state index in [4.69, 9.17) is 11.5 Å². The molecule has 0 spiro atoms. The zero-order valence-electron chi connectivity index (χ0n) is 14.1. The highest BCUT2D eigenvalue weighted by Crippen LogP contribution is 2.13. The number of amides is 1. The summed E-state index contributed by atoms with van der Waals surface area (Å²) in [6.07, 6.45) is 0.147. The summed E-state index contributed by atoms with van der Waals surface area (Å²) in [6.45, 7) is 9.97. The van der Waals surface area contributed by atoms with Crippen molar-refractivity contribution in [2.24, 2.45) is 11.5 Å². The molecule has 1 unspecified atom stereocenters. The Morgan fingerprint density at radius 3 is 2.32 bits per heavy atom. The molecule has 5 heteroatoms. The first-order valence-electron chi connectivity index (χ1n) is 7.65. The number of pyridine rings is 1. The zero-order chi connectivity index (χ0) is 17.3. The average Bonchev–Trinajstić information content (AvgIpc) is 2.52. The van der Waals surface area contributed by atoms with Crippen molar-refractivity contribution in [2.45, 2.75) is 47.1 Å². The molecule has 2 aromatic rings. The average molecular weight is 305 g/mol. The zero-order valence-corrected chi connectivity index (χ0v) is 14.1. The normalized spacial score (nSPS) is 10.8. The fourth-order valence-electron chi connectivity index (χ4n) is 1.86. The van der Waals surface area contributed by atoms with Crippen molar-refractivity contribution in [3.05, 3.63) is 45.7 Å². The van der Waals surface area contributed by atoms with E-state index in [1.807, 2.05) is 52.8 Å². The largest absolute Gasteiger partial charge is 0.368 e. The van der Waals surface area contributed by atoms with E-state index in [-0.39, 0.29) is 12.0 Å². The van der Waals surface area contributed by atoms with Gasteiger partial charge in [-0.05, 0) is 30.5 Å². The SMILES string of the molecule is CC.CC.Cc1ccc2[nH]c(=O)c(CC(N)C(N)=O)cc2c1. The second-order valence-electron chi connectivity index (χ2n) is 4.43. The minimum Gasteiger partial charge on any atom is -0.368 e. The molecule has 1 heterocycles. The lowest BCUT2D eigenvalue weighted by atomic mass is 10.0. The first-order chi connectivity index (χ1) is 10.5. The highest BCUT2D eigenvalue weighted by Gasteiger charge is 2.13. The van der Waals surface area contributed by atoms with Gasteiger partial charge in [0.25, 0.3) is 5.56 Å². The maximum Gasteiger partial charge on any atom is 0.251 e. The Morgan fingerprint density at radius 2 is 1.77 bits per heavy atom. The van der Waals surface area contributed by atoms with Crippen molar-refractivity contribution in [3.63, 3.8) is 0 Å². The minimum atomic E-state index is -0.839. The number of aromatic nitrogens is 1. The number of primary amides is 1. The standard InChI is InChI=1S/C13H15N3O2.2C2H6/c1-7-2-3-11-8(4-7)5-9(13(18)16-11)6-10(14)12(15)17;2*1-2/h2-5,10H,6,14H2,1H3,(H2,15,17)(H,16,18);2*1-2H3. The highest BCUT2D eigenvalue weighted by molar-refractivity contribution is 5.81. The lowest BCUT2D eigenvalue weighted by molar-refractivity contribution is -0.119. The summed E-state index contributed by atoms with van der Waals surface area (Å²) in [5.74, 6) is -0.612. The summed E-state index contributed by atoms with van der Waals surface area (Å²) in [5, 5.41) is 0.918. The molecule has 0 bridgehead atoms. The molecule has 2 rings (SSSR count). The Bertz CT molecular complexity index is 662. The van der Waals surface area contributed by atoms with E-state index in [2.05, 4.69) is 4.98 Å². The maximum absolute atomic E-state index is 11.8. The molecular weight excluding hydrogens is 278 g/mol. The molecule has 122 valence electrons. The van der Waals surface area contributed by atoms with Crippen LogP contribution < -0.4 is 17.0 Å². The smallest absolute Gasteiger partial charge is 0.251 e. The third kappa shape index (κ3) is 5.33. The number of H-pyrrole nitrogens is 1. The summed E-state index contributed by atoms with van der Waals surface area (Å²) in [6, 6.07) is 6.65. The van der Waals surface area contributed by atoms with E-state index in [1.54, 1.807) is 6.07 Å². The molecule has 1 amide bonds. The van der Waals surface area contributed by atoms with Crippen LogP contribution in [-0.2, 0) is 11.2 Å². The lowest BCUT2D eigenvalue weighted by Crippen LogP contribution is -2.39. The first kappa shape index (κ1) is 19.9. The Labute approximate surface area is 131 Å². The predicted molar refractivity (Wildman–Crippen MR) is 92.9 cm³/mol. The van der Waals surface area contributed by atoms with E-state index in [1.165, 1.54) is 0 Å². The number of rotatable bonds is 3. The fraction of sp³-hybridized carbons (Fsp3) is 0.412. The van der Waals surface area contributed by atoms with E-state index in [0.717, 1.165) is 16.5 Å². The van der Waals surface area contributed by atoms with Gasteiger partial charge in [0, 0.05) is 17.5 Å². The van der Waals surface area contributed by atoms with Gasteiger partial charge in [0.1, 0.15) is 0 Å². The van der Waals surface area contributed by atoms with Gasteiger partial charge in [-0.1, -0.05) is 39.3 Å². The Kier molecular flexibility index (Phi) is 8.79. The second-order valence-corrected chi connectivity index (χ2v) is 4.43. The Hall–Kier alpha value is -2.14. The van der Waals surface area contributed by atoms with Crippen LogP contribution in [0.4, 0.5) is 0 Å². The first-order valence-corrected chi connectivity index (χ1v) is 7.65. The summed E-state index contributed by atoms with van der Waals surface area (Å²) in [5.41, 5.74) is 12.8. The molecule has 1 atom stereocenters. The van der Waals surface area contributed by atoms with Crippen LogP contribution in [0.25, 0.3) is 10.9 Å². The summed E-state index contributed by atoms with van der Waals surface area (Å²) in [7, 11) is 0. The molecular formula is C17H27N3O2. The van der Waals surface area contributed by atoms with Crippen molar-refractivity contribution in [3.8, 4) is 0 Å². The molecule has 0 aliphatic rings. The number of hydrogen-bond donors (Lipinski definition) is 3. The summed E-state index contributed by atoms with van der Waals surface area (Å²) < 4.78 is 0. The van der Waals surface area contributed by atoms with Crippen LogP contribution in [0.2, 0.25) is 0 Å². The van der Waals surface area contributed by atoms with E-state index in [9.17, 15) is 9.59 Å². The van der Waals surface area contributed by atoms with Crippen LogP contribution in [0, 0.1) is 6.92 Å². The van der Waals surface area contributed by atoms with Gasteiger partial charge in [-0.2, -0.15) is 0 Å². The molecule has 1 aromatic heterocycles. The molecule has 0 aliphatic heterocycles. The highest BCUT2D eigenvalue weighted by atomic mass is 16.1. The third-order valence-electron chi connectivity index (χ3n) is 2.88. The number of benzene rings is 1. The molecule has 5 N–H and O–H groups in total. The quantitative estimate of drug-likeness (QED) is 0.810. The van der Waals surface area contributed by atoms with Gasteiger partial charge in [-0.25, -0.2) is 0 Å². The molecule has 1 aromatic carbocycles. The number of aryl methyl sites for hydroxylation is 1. The molecule has 22 heavy (non-hydrogen) atoms. The van der Waals surface area contributed by atoms with E-state index in [0.29, 0.717) is 5.56 Å². The Balaban J connectivity index is 0.00000102. The topological polar surface area (TPSA) is 102 Å². The van der Waals surface area contributed by atoms with Crippen molar-refractivity contribution >= 4 is 16.8 Å². The van der Waals surface area contributed by atoms with Gasteiger partial charge in [0.05, 0.1) is 6.04 Å². The van der Waals surface area contributed by atoms with Gasteiger partial charge in [-0.3, -0.25) is 9.59 Å². The molecule has 0 radical (unpaired) electrons. The fourth-order valence-corrected chi connectivity index (χ4v) is 1.86. The van der Waals surface area contributed by atoms with Gasteiger partial charge >= 0.3 is 0 Å². The number of hydrogen-bond acceptors (Lipinski definition) is 3. The molecule has 0 aliphatic carbocycles. The number of carbonyl (C=O) groups is 1. The van der Waals surface area contributed by atoms with Crippen LogP contribution in [0.5, 0.6) is 0 Å². The van der Waals surface area contributed by atoms with Gasteiger partial charge in [-0.15, -0.1) is 0 Å². The van der Waals surface area contributed by atoms with Crippen molar-refractivity contribution < 1.29 is 4.79 Å². The summed E-state index contributed by atoms with van der Waals surface area (Å²) >= 11 is 0. The molecule has 5 nitrogen and oxygen atoms in total. The number of nitrogens with one attached hydrogen (secondary N) is 1. The number of nitrogens with two attached hydrogens (primary N) is 2. The van der Waals surface area contributed by atoms with Crippen LogP contribution >= 0.6 is 0 Å². The molecule has 0 fully saturated rings. The number of aromatic amines is 1. The van der Waals surface area contributed by atoms with E-state index < -0.39 is 11.9 Å². The second kappa shape index (κ2) is 9.73. The monoisotopic (exact) mass is 305 g/mol. The molecule has 0 saturated carbocycles. The lowest BCUT2D eigenvalue weighted by Gasteiger charge is -2.08. The number of fused-ring (bicyclic) bond motifs is 1. The van der Waals surface area contributed by atoms with Crippen molar-refractivity contribution in [1.29, 1.82) is 0 Å². The minimum absolute atomic E-state index is 0.147. The van der Waals surface area contributed by atoms with Gasteiger partial charge in [0.2, 0.25) is 5.91 Å². The van der Waals surface area contributed by atoms with Crippen LogP contribution in [0.15, 0.2) is 29.1 Å². The van der Waals surface area contributed by atoms with Gasteiger partial charge < -0.3 is 16.5 Å². The maximum atomic E-state index is 11.8. The molecule has 0 saturated heterocycles. The van der Waals surface area contributed by atoms with E-state index >= 15 is 0 Å². The third-order valence-corrected chi connectivity index (χ3v) is 2.88. The van der Waals surface area contributed by atoms with Crippen LogP contribution in [-0.4, -0.2) is 16.9 Å². The van der Waals surface area contributed by atoms with Crippen molar-refractivity contribution in [1.82, 2.24) is 4.98 Å². The number of carbonyl (C=O) groups excluding carboxylic acids is 1. The van der Waals surface area contributed by atoms with Gasteiger partial charge in [0.15, 0.2) is 0 Å². The van der Waals surface area contributed by atoms with Crippen LogP contribution in [0.1, 0.15) is 38.8 Å². The Morgan fingerprint density at radius 1 is 1.18 bits per heavy atom.